The molecule has 1 amide bonds. The maximum atomic E-state index is 12.3. The van der Waals surface area contributed by atoms with E-state index in [9.17, 15) is 4.79 Å². The quantitative estimate of drug-likeness (QED) is 0.758. The Hall–Kier alpha value is -2.14. The molecule has 0 aliphatic heterocycles. The van der Waals surface area contributed by atoms with Crippen LogP contribution in [0.25, 0.3) is 10.1 Å². The largest absolute Gasteiger partial charge is 0.351 e. The lowest BCUT2D eigenvalue weighted by molar-refractivity contribution is 0.0958. The summed E-state index contributed by atoms with van der Waals surface area (Å²) < 4.78 is 3.56. The maximum absolute atomic E-state index is 12.3. The van der Waals surface area contributed by atoms with Crippen LogP contribution in [0.4, 0.5) is 0 Å². The Balaban J connectivity index is 1.38. The first-order chi connectivity index (χ1) is 11.8. The van der Waals surface area contributed by atoms with Gasteiger partial charge in [0.05, 0.1) is 9.58 Å². The van der Waals surface area contributed by atoms with Crippen molar-refractivity contribution in [2.75, 3.05) is 6.54 Å². The van der Waals surface area contributed by atoms with E-state index >= 15 is 0 Å². The van der Waals surface area contributed by atoms with Crippen molar-refractivity contribution in [1.82, 2.24) is 14.9 Å². The summed E-state index contributed by atoms with van der Waals surface area (Å²) in [7, 11) is 0. The number of carbonyl (C=O) groups is 1. The van der Waals surface area contributed by atoms with Crippen LogP contribution in [0.3, 0.4) is 0 Å². The highest BCUT2D eigenvalue weighted by Crippen LogP contribution is 2.34. The SMILES string of the molecule is O=C(NCCc1ccncc1)c1cc2cn(C3CCCC3)cc2s1. The number of rotatable bonds is 5. The highest BCUT2D eigenvalue weighted by Gasteiger charge is 2.18. The van der Waals surface area contributed by atoms with Crippen molar-refractivity contribution in [3.05, 3.63) is 53.4 Å². The molecule has 5 heteroatoms. The van der Waals surface area contributed by atoms with Crippen molar-refractivity contribution in [2.45, 2.75) is 38.1 Å². The zero-order valence-electron chi connectivity index (χ0n) is 13.6. The summed E-state index contributed by atoms with van der Waals surface area (Å²) in [5, 5.41) is 4.20. The van der Waals surface area contributed by atoms with E-state index in [4.69, 9.17) is 0 Å². The molecule has 0 atom stereocenters. The van der Waals surface area contributed by atoms with Gasteiger partial charge in [-0.2, -0.15) is 0 Å². The molecule has 0 unspecified atom stereocenters. The summed E-state index contributed by atoms with van der Waals surface area (Å²) in [5.41, 5.74) is 1.19. The van der Waals surface area contributed by atoms with Gasteiger partial charge < -0.3 is 9.88 Å². The van der Waals surface area contributed by atoms with Gasteiger partial charge in [0.2, 0.25) is 0 Å². The van der Waals surface area contributed by atoms with Crippen molar-refractivity contribution in [3.63, 3.8) is 0 Å². The number of fused-ring (bicyclic) bond motifs is 1. The Morgan fingerprint density at radius 1 is 1.25 bits per heavy atom. The predicted octanol–water partition coefficient (Wildman–Crippen LogP) is 4.19. The highest BCUT2D eigenvalue weighted by molar-refractivity contribution is 7.20. The van der Waals surface area contributed by atoms with Gasteiger partial charge in [-0.15, -0.1) is 11.3 Å². The number of pyridine rings is 1. The maximum Gasteiger partial charge on any atom is 0.261 e. The molecule has 3 aromatic heterocycles. The Labute approximate surface area is 145 Å². The molecule has 0 bridgehead atoms. The van der Waals surface area contributed by atoms with Gasteiger partial charge >= 0.3 is 0 Å². The van der Waals surface area contributed by atoms with Crippen LogP contribution < -0.4 is 5.32 Å². The molecule has 1 aliphatic rings. The summed E-state index contributed by atoms with van der Waals surface area (Å²) in [6, 6.07) is 6.63. The molecule has 0 aromatic carbocycles. The third-order valence-electron chi connectivity index (χ3n) is 4.76. The number of aromatic nitrogens is 2. The number of nitrogens with one attached hydrogen (secondary N) is 1. The molecule has 0 spiro atoms. The van der Waals surface area contributed by atoms with Gasteiger partial charge in [0.25, 0.3) is 5.91 Å². The highest BCUT2D eigenvalue weighted by atomic mass is 32.1. The van der Waals surface area contributed by atoms with Crippen LogP contribution in [0.1, 0.15) is 47.0 Å². The molecular formula is C19H21N3OS. The number of thiophene rings is 1. The second-order valence-electron chi connectivity index (χ2n) is 6.44. The van der Waals surface area contributed by atoms with Crippen molar-refractivity contribution in [1.29, 1.82) is 0 Å². The summed E-state index contributed by atoms with van der Waals surface area (Å²) in [6.45, 7) is 0.646. The van der Waals surface area contributed by atoms with Crippen molar-refractivity contribution in [3.8, 4) is 0 Å². The monoisotopic (exact) mass is 339 g/mol. The molecule has 3 aromatic rings. The molecule has 0 saturated heterocycles. The predicted molar refractivity (Wildman–Crippen MR) is 97.6 cm³/mol. The number of hydrogen-bond donors (Lipinski definition) is 1. The van der Waals surface area contributed by atoms with Gasteiger partial charge in [0, 0.05) is 42.8 Å². The second-order valence-corrected chi connectivity index (χ2v) is 7.52. The summed E-state index contributed by atoms with van der Waals surface area (Å²) in [4.78, 5) is 17.1. The van der Waals surface area contributed by atoms with E-state index in [1.165, 1.54) is 41.3 Å². The minimum Gasteiger partial charge on any atom is -0.351 e. The fourth-order valence-electron chi connectivity index (χ4n) is 3.44. The minimum atomic E-state index is 0.0256. The zero-order chi connectivity index (χ0) is 16.4. The Morgan fingerprint density at radius 3 is 2.79 bits per heavy atom. The molecule has 124 valence electrons. The molecule has 0 radical (unpaired) electrons. The molecule has 24 heavy (non-hydrogen) atoms. The Bertz CT molecular complexity index is 799. The fraction of sp³-hybridized carbons (Fsp3) is 0.368. The van der Waals surface area contributed by atoms with Gasteiger partial charge in [-0.25, -0.2) is 0 Å². The first-order valence-corrected chi connectivity index (χ1v) is 9.39. The van der Waals surface area contributed by atoms with Crippen LogP contribution in [0.2, 0.25) is 0 Å². The van der Waals surface area contributed by atoms with Gasteiger partial charge in [0.15, 0.2) is 0 Å². The normalized spacial score (nSPS) is 15.2. The van der Waals surface area contributed by atoms with Crippen molar-refractivity contribution < 1.29 is 4.79 Å². The van der Waals surface area contributed by atoms with Gasteiger partial charge in [0.1, 0.15) is 0 Å². The molecule has 1 aliphatic carbocycles. The third kappa shape index (κ3) is 3.22. The first-order valence-electron chi connectivity index (χ1n) is 8.58. The van der Waals surface area contributed by atoms with Crippen LogP contribution >= 0.6 is 11.3 Å². The second kappa shape index (κ2) is 6.77. The topological polar surface area (TPSA) is 46.9 Å². The number of hydrogen-bond acceptors (Lipinski definition) is 3. The van der Waals surface area contributed by atoms with Crippen molar-refractivity contribution in [2.24, 2.45) is 0 Å². The van der Waals surface area contributed by atoms with Crippen LogP contribution in [0, 0.1) is 0 Å². The Morgan fingerprint density at radius 2 is 2.04 bits per heavy atom. The summed E-state index contributed by atoms with van der Waals surface area (Å²) in [6.07, 6.45) is 14.0. The average molecular weight is 339 g/mol. The lowest BCUT2D eigenvalue weighted by Gasteiger charge is -2.10. The summed E-state index contributed by atoms with van der Waals surface area (Å²) in [5.74, 6) is 0.0256. The molecule has 4 nitrogen and oxygen atoms in total. The van der Waals surface area contributed by atoms with E-state index in [1.807, 2.05) is 18.2 Å². The van der Waals surface area contributed by atoms with Crippen LogP contribution in [0.5, 0.6) is 0 Å². The first kappa shape index (κ1) is 15.4. The van der Waals surface area contributed by atoms with E-state index in [0.29, 0.717) is 12.6 Å². The van der Waals surface area contributed by atoms with E-state index < -0.39 is 0 Å². The van der Waals surface area contributed by atoms with Gasteiger partial charge in [-0.3, -0.25) is 9.78 Å². The molecule has 4 rings (SSSR count). The van der Waals surface area contributed by atoms with Gasteiger partial charge in [-0.1, -0.05) is 12.8 Å². The van der Waals surface area contributed by atoms with Crippen LogP contribution in [0.15, 0.2) is 43.0 Å². The van der Waals surface area contributed by atoms with Crippen molar-refractivity contribution >= 4 is 27.3 Å². The zero-order valence-corrected chi connectivity index (χ0v) is 14.4. The third-order valence-corrected chi connectivity index (χ3v) is 5.85. The molecular weight excluding hydrogens is 318 g/mol. The van der Waals surface area contributed by atoms with E-state index in [-0.39, 0.29) is 5.91 Å². The minimum absolute atomic E-state index is 0.0256. The fourth-order valence-corrected chi connectivity index (χ4v) is 4.43. The lowest BCUT2D eigenvalue weighted by Crippen LogP contribution is -2.24. The Kier molecular flexibility index (Phi) is 4.34. The molecule has 1 fully saturated rings. The van der Waals surface area contributed by atoms with Crippen LogP contribution in [-0.4, -0.2) is 22.0 Å². The average Bonchev–Trinajstić information content (AvgIpc) is 3.31. The van der Waals surface area contributed by atoms with E-state index in [1.54, 1.807) is 23.7 Å². The number of carbonyl (C=O) groups excluding carboxylic acids is 1. The molecule has 1 saturated carbocycles. The standard InChI is InChI=1S/C19H21N3OS/c23-19(21-10-7-14-5-8-20-9-6-14)17-11-15-12-22(13-18(15)24-17)16-3-1-2-4-16/h5-6,8-9,11-13,16H,1-4,7,10H2,(H,21,23). The van der Waals surface area contributed by atoms with E-state index in [2.05, 4.69) is 27.3 Å². The molecule has 3 heterocycles. The lowest BCUT2D eigenvalue weighted by atomic mass is 10.2. The van der Waals surface area contributed by atoms with Gasteiger partial charge in [-0.05, 0) is 43.0 Å². The number of amides is 1. The summed E-state index contributed by atoms with van der Waals surface area (Å²) >= 11 is 1.59. The smallest absolute Gasteiger partial charge is 0.261 e. The van der Waals surface area contributed by atoms with Crippen LogP contribution in [-0.2, 0) is 6.42 Å². The molecule has 1 N–H and O–H groups in total. The van der Waals surface area contributed by atoms with E-state index in [0.717, 1.165) is 11.3 Å². The number of nitrogens with zero attached hydrogens (tertiary/aromatic N) is 2.